The summed E-state index contributed by atoms with van der Waals surface area (Å²) in [6, 6.07) is 7.97. The number of carbonyl (C=O) groups excluding carboxylic acids is 1. The number of nitrogens with one attached hydrogen (secondary N) is 1. The Morgan fingerprint density at radius 3 is 2.76 bits per heavy atom. The first-order chi connectivity index (χ1) is 17.6. The molecule has 9 heteroatoms. The molecule has 2 aliphatic heterocycles. The predicted molar refractivity (Wildman–Crippen MR) is 142 cm³/mol. The topological polar surface area (TPSA) is 102 Å². The smallest absolute Gasteiger partial charge is 0.255 e. The van der Waals surface area contributed by atoms with Gasteiger partial charge in [-0.05, 0) is 55.1 Å². The molecule has 5 atom stereocenters. The molecule has 4 N–H and O–H groups in total. The normalized spacial score (nSPS) is 30.5. The van der Waals surface area contributed by atoms with E-state index >= 15 is 0 Å². The van der Waals surface area contributed by atoms with Gasteiger partial charge < -0.3 is 25.4 Å². The first-order valence-electron chi connectivity index (χ1n) is 12.8. The van der Waals surface area contributed by atoms with Gasteiger partial charge in [-0.3, -0.25) is 9.69 Å². The molecule has 196 valence electrons. The summed E-state index contributed by atoms with van der Waals surface area (Å²) in [5, 5.41) is 38.3. The van der Waals surface area contributed by atoms with E-state index in [2.05, 4.69) is 24.1 Å². The molecule has 2 heterocycles. The molecule has 1 saturated heterocycles. The van der Waals surface area contributed by atoms with E-state index in [1.165, 1.54) is 6.07 Å². The molecule has 1 spiro atoms. The minimum absolute atomic E-state index is 0.0278. The molecule has 1 fully saturated rings. The second kappa shape index (κ2) is 8.53. The van der Waals surface area contributed by atoms with Crippen LogP contribution in [0.1, 0.15) is 44.2 Å². The molecule has 7 nitrogen and oxygen atoms in total. The van der Waals surface area contributed by atoms with Gasteiger partial charge in [-0.1, -0.05) is 49.5 Å². The van der Waals surface area contributed by atoms with Gasteiger partial charge in [0.15, 0.2) is 17.6 Å². The molecule has 2 bridgehead atoms. The highest BCUT2D eigenvalue weighted by atomic mass is 35.5. The van der Waals surface area contributed by atoms with Crippen LogP contribution < -0.4 is 10.1 Å². The minimum Gasteiger partial charge on any atom is -0.508 e. The van der Waals surface area contributed by atoms with Crippen molar-refractivity contribution in [3.8, 4) is 11.5 Å². The number of phenolic OH excluding ortho intramolecular Hbond substituents is 1. The summed E-state index contributed by atoms with van der Waals surface area (Å²) in [5.41, 5.74) is -0.0651. The molecular weight excluding hydrogens is 515 g/mol. The number of hydrogen-bond donors (Lipinski definition) is 4. The van der Waals surface area contributed by atoms with Crippen molar-refractivity contribution in [2.45, 2.75) is 62.7 Å². The van der Waals surface area contributed by atoms with E-state index in [1.54, 1.807) is 18.2 Å². The third kappa shape index (κ3) is 3.37. The number of carbonyl (C=O) groups is 1. The summed E-state index contributed by atoms with van der Waals surface area (Å²) < 4.78 is 6.23. The lowest BCUT2D eigenvalue weighted by atomic mass is 9.49. The van der Waals surface area contributed by atoms with Gasteiger partial charge >= 0.3 is 0 Å². The summed E-state index contributed by atoms with van der Waals surface area (Å²) in [6.45, 7) is 5.91. The number of amides is 1. The second-order valence-corrected chi connectivity index (χ2v) is 11.8. The van der Waals surface area contributed by atoms with Gasteiger partial charge in [-0.15, -0.1) is 0 Å². The number of ether oxygens (including phenoxy) is 1. The Morgan fingerprint density at radius 2 is 2.03 bits per heavy atom. The van der Waals surface area contributed by atoms with Crippen molar-refractivity contribution in [1.82, 2.24) is 4.90 Å². The zero-order chi connectivity index (χ0) is 26.3. The van der Waals surface area contributed by atoms with Crippen LogP contribution in [0, 0.1) is 5.92 Å². The number of phenols is 1. The first kappa shape index (κ1) is 24.9. The van der Waals surface area contributed by atoms with Crippen molar-refractivity contribution in [3.05, 3.63) is 62.8 Å². The lowest BCUT2D eigenvalue weighted by Gasteiger charge is -2.62. The number of anilines is 1. The Hall–Kier alpha value is -2.45. The highest BCUT2D eigenvalue weighted by molar-refractivity contribution is 6.42. The van der Waals surface area contributed by atoms with Crippen LogP contribution in [0.15, 0.2) is 41.7 Å². The van der Waals surface area contributed by atoms with Crippen molar-refractivity contribution in [2.24, 2.45) is 5.92 Å². The zero-order valence-corrected chi connectivity index (χ0v) is 22.2. The summed E-state index contributed by atoms with van der Waals surface area (Å²) in [7, 11) is 0. The van der Waals surface area contributed by atoms with Crippen LogP contribution in [0.2, 0.25) is 10.0 Å². The molecule has 0 radical (unpaired) electrons. The predicted octanol–water partition coefficient (Wildman–Crippen LogP) is 4.96. The summed E-state index contributed by atoms with van der Waals surface area (Å²) in [6.07, 6.45) is 1.11. The lowest BCUT2D eigenvalue weighted by Crippen LogP contribution is -2.75. The van der Waals surface area contributed by atoms with Crippen molar-refractivity contribution in [3.63, 3.8) is 0 Å². The SMILES string of the molecule is CCC(C)CN1CC[C@]23c4c5ccc(O)c4O[C@H]2C(O)=C(C(=O)Nc2ccc(Cl)c(Cl)c2)C[C@@]3(O)[C@H]1C5. The molecule has 6 rings (SSSR count). The van der Waals surface area contributed by atoms with Crippen LogP contribution in [0.4, 0.5) is 5.69 Å². The maximum absolute atomic E-state index is 13.5. The number of hydrogen-bond acceptors (Lipinski definition) is 6. The van der Waals surface area contributed by atoms with Crippen LogP contribution in [0.5, 0.6) is 11.5 Å². The molecule has 2 aromatic rings. The fourth-order valence-electron chi connectivity index (χ4n) is 7.05. The summed E-state index contributed by atoms with van der Waals surface area (Å²) >= 11 is 12.1. The van der Waals surface area contributed by atoms with Crippen LogP contribution in [0.3, 0.4) is 0 Å². The largest absolute Gasteiger partial charge is 0.508 e. The van der Waals surface area contributed by atoms with Gasteiger partial charge in [0.1, 0.15) is 5.76 Å². The number of halogens is 2. The van der Waals surface area contributed by atoms with Gasteiger partial charge in [0.2, 0.25) is 0 Å². The second-order valence-electron chi connectivity index (χ2n) is 10.9. The average molecular weight is 545 g/mol. The number of benzene rings is 2. The Kier molecular flexibility index (Phi) is 5.73. The van der Waals surface area contributed by atoms with Crippen molar-refractivity contribution in [2.75, 3.05) is 18.4 Å². The highest BCUT2D eigenvalue weighted by Crippen LogP contribution is 2.66. The minimum atomic E-state index is -1.38. The van der Waals surface area contributed by atoms with Crippen LogP contribution in [0.25, 0.3) is 0 Å². The third-order valence-corrected chi connectivity index (χ3v) is 9.76. The summed E-state index contributed by atoms with van der Waals surface area (Å²) in [5.74, 6) is -0.0393. The molecule has 1 unspecified atom stereocenters. The standard InChI is InChI=1S/C28H30Cl2N2O5/c1-3-14(2)13-32-9-8-27-22-15-4-7-20(33)24(22)37-25(27)23(34)17(12-28(27,36)21(32)10-15)26(35)31-16-5-6-18(29)19(30)11-16/h4-7,11,14,21,25,33-34,36H,3,8-10,12-13H2,1-2H3,(H,31,35)/t14?,21-,25+,27+,28-/m1/s1. The number of aliphatic hydroxyl groups excluding tert-OH is 1. The Morgan fingerprint density at radius 1 is 1.24 bits per heavy atom. The monoisotopic (exact) mass is 544 g/mol. The van der Waals surface area contributed by atoms with Gasteiger partial charge in [0.05, 0.1) is 26.6 Å². The van der Waals surface area contributed by atoms with E-state index in [4.69, 9.17) is 27.9 Å². The molecular formula is C28H30Cl2N2O5. The van der Waals surface area contributed by atoms with Crippen LogP contribution in [-0.4, -0.2) is 57.0 Å². The maximum Gasteiger partial charge on any atom is 0.255 e. The molecule has 1 amide bonds. The third-order valence-electron chi connectivity index (χ3n) is 9.02. The molecule has 0 saturated carbocycles. The molecule has 2 aromatic carbocycles. The Bertz CT molecular complexity index is 1350. The van der Waals surface area contributed by atoms with E-state index in [9.17, 15) is 20.1 Å². The van der Waals surface area contributed by atoms with E-state index in [1.807, 2.05) is 6.07 Å². The van der Waals surface area contributed by atoms with E-state index < -0.39 is 23.0 Å². The van der Waals surface area contributed by atoms with Crippen molar-refractivity contribution >= 4 is 34.8 Å². The van der Waals surface area contributed by atoms with E-state index in [-0.39, 0.29) is 29.5 Å². The summed E-state index contributed by atoms with van der Waals surface area (Å²) in [4.78, 5) is 15.8. The number of nitrogens with zero attached hydrogens (tertiary/aromatic N) is 1. The average Bonchev–Trinajstić information content (AvgIpc) is 3.22. The molecule has 4 aliphatic rings. The first-order valence-corrected chi connectivity index (χ1v) is 13.5. The van der Waals surface area contributed by atoms with Crippen LogP contribution in [-0.2, 0) is 16.6 Å². The van der Waals surface area contributed by atoms with Gasteiger partial charge in [-0.2, -0.15) is 0 Å². The van der Waals surface area contributed by atoms with E-state index in [0.717, 1.165) is 30.6 Å². The molecule has 37 heavy (non-hydrogen) atoms. The Labute approximate surface area is 225 Å². The van der Waals surface area contributed by atoms with Gasteiger partial charge in [0, 0.05) is 30.3 Å². The quantitative estimate of drug-likeness (QED) is 0.424. The van der Waals surface area contributed by atoms with Gasteiger partial charge in [-0.25, -0.2) is 0 Å². The number of aliphatic hydroxyl groups is 2. The fourth-order valence-corrected chi connectivity index (χ4v) is 7.34. The number of aromatic hydroxyl groups is 1. The number of likely N-dealkylation sites (tertiary alicyclic amines) is 1. The molecule has 2 aliphatic carbocycles. The van der Waals surface area contributed by atoms with Crippen molar-refractivity contribution in [1.29, 1.82) is 0 Å². The van der Waals surface area contributed by atoms with Crippen molar-refractivity contribution < 1.29 is 24.9 Å². The maximum atomic E-state index is 13.5. The van der Waals surface area contributed by atoms with E-state index in [0.29, 0.717) is 40.2 Å². The van der Waals surface area contributed by atoms with Crippen LogP contribution >= 0.6 is 23.2 Å². The number of piperidine rings is 1. The Balaban J connectivity index is 1.46. The number of rotatable bonds is 5. The molecule has 0 aromatic heterocycles. The highest BCUT2D eigenvalue weighted by Gasteiger charge is 2.73. The zero-order valence-electron chi connectivity index (χ0n) is 20.7. The van der Waals surface area contributed by atoms with Gasteiger partial charge in [0.25, 0.3) is 5.91 Å². The fraction of sp³-hybridized carbons (Fsp3) is 0.464. The lowest BCUT2D eigenvalue weighted by molar-refractivity contribution is -0.173.